The van der Waals surface area contributed by atoms with Crippen LogP contribution in [0.5, 0.6) is 0 Å². The Bertz CT molecular complexity index is 1240. The first-order chi connectivity index (χ1) is 14.6. The van der Waals surface area contributed by atoms with E-state index in [2.05, 4.69) is 47.2 Å². The fourth-order valence-electron chi connectivity index (χ4n) is 3.07. The van der Waals surface area contributed by atoms with Crippen molar-refractivity contribution in [3.05, 3.63) is 89.0 Å². The summed E-state index contributed by atoms with van der Waals surface area (Å²) in [5.41, 5.74) is 5.32. The fourth-order valence-corrected chi connectivity index (χ4v) is 4.03. The summed E-state index contributed by atoms with van der Waals surface area (Å²) < 4.78 is 15.5. The number of rotatable bonds is 5. The molecule has 0 amide bonds. The maximum absolute atomic E-state index is 13.5. The van der Waals surface area contributed by atoms with Crippen LogP contribution in [-0.4, -0.2) is 19.7 Å². The molecule has 4 rings (SSSR count). The van der Waals surface area contributed by atoms with Crippen molar-refractivity contribution in [2.24, 2.45) is 0 Å². The molecule has 0 fully saturated rings. The lowest BCUT2D eigenvalue weighted by Gasteiger charge is -2.12. The highest BCUT2D eigenvalue weighted by molar-refractivity contribution is 7.98. The van der Waals surface area contributed by atoms with Crippen LogP contribution in [0.4, 0.5) is 4.39 Å². The maximum atomic E-state index is 13.5. The van der Waals surface area contributed by atoms with Crippen LogP contribution in [0.15, 0.2) is 66.1 Å². The Hall–Kier alpha value is -3.50. The zero-order valence-electron chi connectivity index (χ0n) is 16.5. The minimum Gasteiger partial charge on any atom is -0.270 e. The van der Waals surface area contributed by atoms with E-state index in [9.17, 15) is 9.65 Å². The molecule has 0 bridgehead atoms. The summed E-state index contributed by atoms with van der Waals surface area (Å²) in [7, 11) is 0. The van der Waals surface area contributed by atoms with E-state index in [0.717, 1.165) is 16.8 Å². The molecule has 0 aliphatic rings. The molecule has 0 saturated heterocycles. The van der Waals surface area contributed by atoms with Gasteiger partial charge in [-0.15, -0.1) is 10.2 Å². The second-order valence-electron chi connectivity index (χ2n) is 6.85. The molecule has 30 heavy (non-hydrogen) atoms. The highest BCUT2D eigenvalue weighted by Crippen LogP contribution is 2.31. The lowest BCUT2D eigenvalue weighted by atomic mass is 10.1. The fraction of sp³-hybridized carbons (Fsp3) is 0.130. The van der Waals surface area contributed by atoms with Crippen LogP contribution in [0.25, 0.3) is 17.1 Å². The van der Waals surface area contributed by atoms with E-state index < -0.39 is 5.82 Å². The predicted octanol–water partition coefficient (Wildman–Crippen LogP) is 5.25. The van der Waals surface area contributed by atoms with Crippen LogP contribution < -0.4 is 0 Å². The second-order valence-corrected chi connectivity index (χ2v) is 7.79. The normalized spacial score (nSPS) is 10.7. The molecule has 4 aromatic rings. The van der Waals surface area contributed by atoms with E-state index in [4.69, 9.17) is 0 Å². The number of nitrogens with zero attached hydrogens (tertiary/aromatic N) is 5. The van der Waals surface area contributed by atoms with Crippen molar-refractivity contribution < 1.29 is 4.39 Å². The van der Waals surface area contributed by atoms with E-state index in [1.165, 1.54) is 35.0 Å². The Morgan fingerprint density at radius 1 is 1.00 bits per heavy atom. The Balaban J connectivity index is 1.76. The molecule has 5 nitrogen and oxygen atoms in total. The van der Waals surface area contributed by atoms with Crippen LogP contribution in [0.3, 0.4) is 0 Å². The molecule has 0 unspecified atom stereocenters. The van der Waals surface area contributed by atoms with Gasteiger partial charge in [-0.05, 0) is 66.9 Å². The molecule has 0 saturated carbocycles. The van der Waals surface area contributed by atoms with Gasteiger partial charge in [-0.3, -0.25) is 9.55 Å². The average Bonchev–Trinajstić information content (AvgIpc) is 3.19. The highest BCUT2D eigenvalue weighted by atomic mass is 32.2. The highest BCUT2D eigenvalue weighted by Gasteiger charge is 2.17. The Morgan fingerprint density at radius 2 is 1.80 bits per heavy atom. The van der Waals surface area contributed by atoms with E-state index in [1.54, 1.807) is 18.5 Å². The summed E-state index contributed by atoms with van der Waals surface area (Å²) in [5.74, 6) is 0.768. The van der Waals surface area contributed by atoms with Gasteiger partial charge in [0, 0.05) is 23.7 Å². The lowest BCUT2D eigenvalue weighted by molar-refractivity contribution is 0.627. The molecule has 0 radical (unpaired) electrons. The van der Waals surface area contributed by atoms with Gasteiger partial charge in [0.2, 0.25) is 0 Å². The maximum Gasteiger partial charge on any atom is 0.196 e. The SMILES string of the molecule is Cc1ccc(-n2c(SCc3ccc(F)cc3C#N)nnc2-c2ccncc2)cc1C. The van der Waals surface area contributed by atoms with Crippen molar-refractivity contribution in [1.29, 1.82) is 5.26 Å². The number of aromatic nitrogens is 4. The number of hydrogen-bond acceptors (Lipinski definition) is 5. The van der Waals surface area contributed by atoms with Gasteiger partial charge < -0.3 is 0 Å². The summed E-state index contributed by atoms with van der Waals surface area (Å²) in [6.07, 6.45) is 3.44. The first-order valence-electron chi connectivity index (χ1n) is 9.31. The number of pyridine rings is 1. The number of aryl methyl sites for hydroxylation is 2. The third-order valence-corrected chi connectivity index (χ3v) is 5.85. The molecule has 2 heterocycles. The zero-order chi connectivity index (χ0) is 21.1. The Labute approximate surface area is 178 Å². The summed E-state index contributed by atoms with van der Waals surface area (Å²) in [5, 5.41) is 18.8. The van der Waals surface area contributed by atoms with E-state index in [-0.39, 0.29) is 0 Å². The third-order valence-electron chi connectivity index (χ3n) is 4.87. The van der Waals surface area contributed by atoms with Crippen molar-refractivity contribution >= 4 is 11.8 Å². The van der Waals surface area contributed by atoms with Gasteiger partial charge in [-0.1, -0.05) is 23.9 Å². The van der Waals surface area contributed by atoms with E-state index in [0.29, 0.717) is 22.3 Å². The van der Waals surface area contributed by atoms with Crippen molar-refractivity contribution in [2.75, 3.05) is 0 Å². The van der Waals surface area contributed by atoms with E-state index >= 15 is 0 Å². The van der Waals surface area contributed by atoms with Gasteiger partial charge in [0.1, 0.15) is 5.82 Å². The second kappa shape index (κ2) is 8.47. The monoisotopic (exact) mass is 415 g/mol. The van der Waals surface area contributed by atoms with Crippen LogP contribution in [0.2, 0.25) is 0 Å². The van der Waals surface area contributed by atoms with Gasteiger partial charge in [0.05, 0.1) is 17.3 Å². The van der Waals surface area contributed by atoms with Crippen molar-refractivity contribution in [3.63, 3.8) is 0 Å². The number of hydrogen-bond donors (Lipinski definition) is 0. The van der Waals surface area contributed by atoms with Crippen LogP contribution in [0, 0.1) is 31.0 Å². The van der Waals surface area contributed by atoms with Gasteiger partial charge in [0.25, 0.3) is 0 Å². The summed E-state index contributed by atoms with van der Waals surface area (Å²) >= 11 is 1.46. The molecule has 0 atom stereocenters. The number of halogens is 1. The summed E-state index contributed by atoms with van der Waals surface area (Å²) in [6, 6.07) is 16.3. The number of benzene rings is 2. The van der Waals surface area contributed by atoms with Gasteiger partial charge in [0.15, 0.2) is 11.0 Å². The topological polar surface area (TPSA) is 67.4 Å². The van der Waals surface area contributed by atoms with Crippen molar-refractivity contribution in [2.45, 2.75) is 24.8 Å². The predicted molar refractivity (Wildman–Crippen MR) is 115 cm³/mol. The first-order valence-corrected chi connectivity index (χ1v) is 10.3. The molecule has 0 aliphatic heterocycles. The zero-order valence-corrected chi connectivity index (χ0v) is 17.3. The molecule has 2 aromatic carbocycles. The molecule has 0 N–H and O–H groups in total. The van der Waals surface area contributed by atoms with Crippen molar-refractivity contribution in [3.8, 4) is 23.1 Å². The number of thioether (sulfide) groups is 1. The van der Waals surface area contributed by atoms with Gasteiger partial charge in [-0.2, -0.15) is 5.26 Å². The minimum absolute atomic E-state index is 0.328. The molecule has 0 aliphatic carbocycles. The standard InChI is InChI=1S/C23H18FN5S/c1-15-3-6-21(11-16(15)2)29-22(17-7-9-26-10-8-17)27-28-23(29)30-14-18-4-5-20(24)12-19(18)13-25/h3-12H,14H2,1-2H3. The Morgan fingerprint density at radius 3 is 2.53 bits per heavy atom. The van der Waals surface area contributed by atoms with Gasteiger partial charge >= 0.3 is 0 Å². The van der Waals surface area contributed by atoms with Crippen LogP contribution in [0.1, 0.15) is 22.3 Å². The third kappa shape index (κ3) is 3.95. The molecule has 7 heteroatoms. The van der Waals surface area contributed by atoms with E-state index in [1.807, 2.05) is 22.8 Å². The van der Waals surface area contributed by atoms with Crippen LogP contribution in [-0.2, 0) is 5.75 Å². The minimum atomic E-state index is -0.418. The number of nitriles is 1. The molecular weight excluding hydrogens is 397 g/mol. The lowest BCUT2D eigenvalue weighted by Crippen LogP contribution is -2.01. The molecule has 148 valence electrons. The Kier molecular flexibility index (Phi) is 5.59. The smallest absolute Gasteiger partial charge is 0.196 e. The van der Waals surface area contributed by atoms with Gasteiger partial charge in [-0.25, -0.2) is 4.39 Å². The molecular formula is C23H18FN5S. The quantitative estimate of drug-likeness (QED) is 0.417. The van der Waals surface area contributed by atoms with Crippen molar-refractivity contribution in [1.82, 2.24) is 19.7 Å². The first kappa shape index (κ1) is 19.8. The van der Waals surface area contributed by atoms with Crippen LogP contribution >= 0.6 is 11.8 Å². The molecule has 2 aromatic heterocycles. The average molecular weight is 415 g/mol. The largest absolute Gasteiger partial charge is 0.270 e. The molecule has 0 spiro atoms. The summed E-state index contributed by atoms with van der Waals surface area (Å²) in [4.78, 5) is 4.08. The summed E-state index contributed by atoms with van der Waals surface area (Å²) in [6.45, 7) is 4.14.